The van der Waals surface area contributed by atoms with Gasteiger partial charge in [0.1, 0.15) is 0 Å². The van der Waals surface area contributed by atoms with Gasteiger partial charge in [0, 0.05) is 0 Å². The lowest BCUT2D eigenvalue weighted by molar-refractivity contribution is 0.335. The molecule has 1 aliphatic carbocycles. The number of allylic oxidation sites excluding steroid dienone is 2. The molecule has 1 aliphatic rings. The summed E-state index contributed by atoms with van der Waals surface area (Å²) in [4.78, 5) is 0. The number of alkyl halides is 1. The van der Waals surface area contributed by atoms with Crippen molar-refractivity contribution in [1.29, 1.82) is 0 Å². The van der Waals surface area contributed by atoms with Gasteiger partial charge in [-0.25, -0.2) is 4.39 Å². The minimum Gasteiger partial charge on any atom is -0.392 e. The number of aliphatic hydroxyl groups is 1. The predicted octanol–water partition coefficient (Wildman–Crippen LogP) is 0.816. The molecule has 0 saturated heterocycles. The van der Waals surface area contributed by atoms with Crippen molar-refractivity contribution in [3.8, 4) is 11.8 Å². The average Bonchev–Trinajstić information content (AvgIpc) is 2.14. The molecule has 1 rings (SSSR count). The molecular formula is C8H7FO. The number of hydrogen-bond acceptors (Lipinski definition) is 1. The first-order valence-corrected chi connectivity index (χ1v) is 2.96. The summed E-state index contributed by atoms with van der Waals surface area (Å²) in [6, 6.07) is 0. The summed E-state index contributed by atoms with van der Waals surface area (Å²) >= 11 is 0. The van der Waals surface area contributed by atoms with E-state index < -0.39 is 6.17 Å². The van der Waals surface area contributed by atoms with Crippen molar-refractivity contribution < 1.29 is 9.50 Å². The van der Waals surface area contributed by atoms with Gasteiger partial charge < -0.3 is 5.11 Å². The third-order valence-corrected chi connectivity index (χ3v) is 1.14. The normalized spacial score (nSPS) is 22.6. The zero-order valence-corrected chi connectivity index (χ0v) is 5.34. The number of rotatable bonds is 1. The van der Waals surface area contributed by atoms with Crippen LogP contribution in [0.4, 0.5) is 4.39 Å². The van der Waals surface area contributed by atoms with Crippen molar-refractivity contribution in [3.05, 3.63) is 23.8 Å². The number of aliphatic hydroxyl groups excluding tert-OH is 1. The topological polar surface area (TPSA) is 20.2 Å². The Bertz CT molecular complexity index is 229. The van der Waals surface area contributed by atoms with E-state index >= 15 is 0 Å². The van der Waals surface area contributed by atoms with Gasteiger partial charge in [-0.1, -0.05) is 17.9 Å². The summed E-state index contributed by atoms with van der Waals surface area (Å²) in [5.41, 5.74) is 0.646. The molecule has 1 N–H and O–H groups in total. The largest absolute Gasteiger partial charge is 0.392 e. The van der Waals surface area contributed by atoms with Crippen LogP contribution in [0.2, 0.25) is 0 Å². The SMILES string of the molecule is OCC1=CC#CC(F)C=C1. The smallest absolute Gasteiger partial charge is 0.179 e. The van der Waals surface area contributed by atoms with Gasteiger partial charge in [0.2, 0.25) is 0 Å². The van der Waals surface area contributed by atoms with Crippen molar-refractivity contribution in [1.82, 2.24) is 0 Å². The third-order valence-electron chi connectivity index (χ3n) is 1.14. The Morgan fingerprint density at radius 3 is 3.20 bits per heavy atom. The number of halogens is 1. The Labute approximate surface area is 58.9 Å². The van der Waals surface area contributed by atoms with Crippen molar-refractivity contribution >= 4 is 0 Å². The summed E-state index contributed by atoms with van der Waals surface area (Å²) in [6.45, 7) is -0.0854. The van der Waals surface area contributed by atoms with E-state index in [0.717, 1.165) is 0 Å². The highest BCUT2D eigenvalue weighted by molar-refractivity contribution is 5.35. The molecule has 0 saturated carbocycles. The summed E-state index contributed by atoms with van der Waals surface area (Å²) in [7, 11) is 0. The highest BCUT2D eigenvalue weighted by atomic mass is 19.1. The van der Waals surface area contributed by atoms with Crippen molar-refractivity contribution in [2.75, 3.05) is 6.61 Å². The molecule has 0 spiro atoms. The van der Waals surface area contributed by atoms with Crippen LogP contribution in [0.5, 0.6) is 0 Å². The van der Waals surface area contributed by atoms with Gasteiger partial charge in [-0.2, -0.15) is 0 Å². The van der Waals surface area contributed by atoms with Gasteiger partial charge in [-0.05, 0) is 17.7 Å². The Hall–Kier alpha value is -1.07. The van der Waals surface area contributed by atoms with E-state index in [1.807, 2.05) is 0 Å². The number of hydrogen-bond donors (Lipinski definition) is 1. The van der Waals surface area contributed by atoms with E-state index in [1.54, 1.807) is 0 Å². The predicted molar refractivity (Wildman–Crippen MR) is 37.0 cm³/mol. The van der Waals surface area contributed by atoms with Crippen molar-refractivity contribution in [2.45, 2.75) is 6.17 Å². The van der Waals surface area contributed by atoms with Crippen LogP contribution in [0.1, 0.15) is 0 Å². The van der Waals surface area contributed by atoms with Gasteiger partial charge >= 0.3 is 0 Å². The van der Waals surface area contributed by atoms with Crippen LogP contribution in [0, 0.1) is 11.8 Å². The Kier molecular flexibility index (Phi) is 2.24. The molecule has 0 aromatic rings. The van der Waals surface area contributed by atoms with Gasteiger partial charge in [-0.3, -0.25) is 0 Å². The van der Waals surface area contributed by atoms with Gasteiger partial charge in [0.25, 0.3) is 0 Å². The molecule has 1 unspecified atom stereocenters. The first-order chi connectivity index (χ1) is 4.83. The Morgan fingerprint density at radius 1 is 1.70 bits per heavy atom. The molecule has 0 aromatic carbocycles. The minimum atomic E-state index is -1.19. The quantitative estimate of drug-likeness (QED) is 0.532. The van der Waals surface area contributed by atoms with E-state index in [2.05, 4.69) is 11.8 Å². The summed E-state index contributed by atoms with van der Waals surface area (Å²) < 4.78 is 12.4. The van der Waals surface area contributed by atoms with Crippen LogP contribution in [0.3, 0.4) is 0 Å². The molecular weight excluding hydrogens is 131 g/mol. The highest BCUT2D eigenvalue weighted by Crippen LogP contribution is 2.01. The first-order valence-electron chi connectivity index (χ1n) is 2.96. The van der Waals surface area contributed by atoms with Gasteiger partial charge in [-0.15, -0.1) is 0 Å². The molecule has 1 atom stereocenters. The summed E-state index contributed by atoms with van der Waals surface area (Å²) in [5.74, 6) is 4.81. The van der Waals surface area contributed by atoms with E-state index in [1.165, 1.54) is 18.2 Å². The summed E-state index contributed by atoms with van der Waals surface area (Å²) in [5, 5.41) is 8.59. The van der Waals surface area contributed by atoms with Crippen molar-refractivity contribution in [3.63, 3.8) is 0 Å². The molecule has 1 nitrogen and oxygen atoms in total. The molecule has 0 amide bonds. The highest BCUT2D eigenvalue weighted by Gasteiger charge is 1.97. The maximum atomic E-state index is 12.4. The maximum absolute atomic E-state index is 12.4. The standard InChI is InChI=1S/C8H7FO/c9-8-3-1-2-7(6-10)4-5-8/h2,4-5,8,10H,6H2. The third kappa shape index (κ3) is 1.71. The van der Waals surface area contributed by atoms with Crippen LogP contribution in [-0.4, -0.2) is 17.9 Å². The monoisotopic (exact) mass is 138 g/mol. The van der Waals surface area contributed by atoms with Crippen molar-refractivity contribution in [2.24, 2.45) is 0 Å². The van der Waals surface area contributed by atoms with Gasteiger partial charge in [0.05, 0.1) is 6.61 Å². The van der Waals surface area contributed by atoms with E-state index in [9.17, 15) is 4.39 Å². The Morgan fingerprint density at radius 2 is 2.50 bits per heavy atom. The fraction of sp³-hybridized carbons (Fsp3) is 0.250. The second-order valence-corrected chi connectivity index (χ2v) is 1.93. The van der Waals surface area contributed by atoms with E-state index in [0.29, 0.717) is 5.57 Å². The molecule has 0 radical (unpaired) electrons. The van der Waals surface area contributed by atoms with E-state index in [-0.39, 0.29) is 6.61 Å². The molecule has 0 bridgehead atoms. The minimum absolute atomic E-state index is 0.0854. The molecule has 0 heterocycles. The average molecular weight is 138 g/mol. The molecule has 52 valence electrons. The molecule has 0 fully saturated rings. The van der Waals surface area contributed by atoms with Crippen LogP contribution in [0.25, 0.3) is 0 Å². The fourth-order valence-corrected chi connectivity index (χ4v) is 0.617. The van der Waals surface area contributed by atoms with E-state index in [4.69, 9.17) is 5.11 Å². The van der Waals surface area contributed by atoms with Crippen LogP contribution in [0.15, 0.2) is 23.8 Å². The second kappa shape index (κ2) is 3.19. The van der Waals surface area contributed by atoms with Gasteiger partial charge in [0.15, 0.2) is 6.17 Å². The lowest BCUT2D eigenvalue weighted by Gasteiger charge is -1.90. The lowest BCUT2D eigenvalue weighted by atomic mass is 10.2. The first kappa shape index (κ1) is 7.04. The molecule has 2 heteroatoms. The lowest BCUT2D eigenvalue weighted by Crippen LogP contribution is -1.88. The van der Waals surface area contributed by atoms with Crippen LogP contribution in [-0.2, 0) is 0 Å². The Balaban J connectivity index is 2.76. The van der Waals surface area contributed by atoms with Crippen LogP contribution < -0.4 is 0 Å². The molecule has 10 heavy (non-hydrogen) atoms. The van der Waals surface area contributed by atoms with Crippen LogP contribution >= 0.6 is 0 Å². The zero-order chi connectivity index (χ0) is 7.40. The maximum Gasteiger partial charge on any atom is 0.179 e. The second-order valence-electron chi connectivity index (χ2n) is 1.93. The molecule has 0 aromatic heterocycles. The fourth-order valence-electron chi connectivity index (χ4n) is 0.617. The summed E-state index contributed by atoms with van der Waals surface area (Å²) in [6.07, 6.45) is 3.16. The molecule has 0 aliphatic heterocycles. The zero-order valence-electron chi connectivity index (χ0n) is 5.34.